The number of hydrogen-bond acceptors (Lipinski definition) is 3. The highest BCUT2D eigenvalue weighted by Crippen LogP contribution is 2.22. The molecule has 0 saturated heterocycles. The SMILES string of the molecule is CCCC(=O)c1cccc(/C(CC)=N/c2ccc3ccccc3c2)n1. The fourth-order valence-corrected chi connectivity index (χ4v) is 2.83. The van der Waals surface area contributed by atoms with Crippen molar-refractivity contribution < 1.29 is 4.79 Å². The molecule has 0 aliphatic carbocycles. The Hall–Kier alpha value is -2.81. The minimum atomic E-state index is 0.0884. The monoisotopic (exact) mass is 330 g/mol. The number of Topliss-reactive ketones (excluding diaryl/α,β-unsaturated/α-hetero) is 1. The summed E-state index contributed by atoms with van der Waals surface area (Å²) in [5, 5.41) is 2.36. The third-order valence-corrected chi connectivity index (χ3v) is 4.14. The van der Waals surface area contributed by atoms with E-state index >= 15 is 0 Å². The van der Waals surface area contributed by atoms with E-state index in [0.717, 1.165) is 29.9 Å². The van der Waals surface area contributed by atoms with Gasteiger partial charge in [0.1, 0.15) is 5.69 Å². The molecule has 2 aromatic carbocycles. The zero-order valence-electron chi connectivity index (χ0n) is 14.7. The topological polar surface area (TPSA) is 42.3 Å². The van der Waals surface area contributed by atoms with Crippen molar-refractivity contribution in [3.63, 3.8) is 0 Å². The molecule has 0 saturated carbocycles. The third kappa shape index (κ3) is 4.00. The van der Waals surface area contributed by atoms with Crippen molar-refractivity contribution in [3.05, 3.63) is 72.1 Å². The Morgan fingerprint density at radius 3 is 2.44 bits per heavy atom. The predicted octanol–water partition coefficient (Wildman–Crippen LogP) is 5.75. The minimum absolute atomic E-state index is 0.0884. The highest BCUT2D eigenvalue weighted by Gasteiger charge is 2.10. The Kier molecular flexibility index (Phi) is 5.34. The Labute approximate surface area is 148 Å². The molecule has 3 nitrogen and oxygen atoms in total. The number of rotatable bonds is 6. The molecular weight excluding hydrogens is 308 g/mol. The molecule has 1 aromatic heterocycles. The molecule has 3 heteroatoms. The van der Waals surface area contributed by atoms with Crippen LogP contribution in [0.3, 0.4) is 0 Å². The van der Waals surface area contributed by atoms with Gasteiger partial charge in [-0.2, -0.15) is 0 Å². The first-order valence-electron chi connectivity index (χ1n) is 8.78. The van der Waals surface area contributed by atoms with Gasteiger partial charge in [-0.05, 0) is 47.9 Å². The van der Waals surface area contributed by atoms with Crippen LogP contribution >= 0.6 is 0 Å². The molecule has 0 aliphatic rings. The highest BCUT2D eigenvalue weighted by molar-refractivity contribution is 6.02. The smallest absolute Gasteiger partial charge is 0.181 e. The molecule has 126 valence electrons. The van der Waals surface area contributed by atoms with Gasteiger partial charge in [0.05, 0.1) is 17.1 Å². The Balaban J connectivity index is 1.96. The standard InChI is InChI=1S/C22H22N2O/c1-3-8-22(25)21-12-7-11-20(24-21)19(4-2)23-18-14-13-16-9-5-6-10-17(16)15-18/h5-7,9-15H,3-4,8H2,1-2H3/b23-19+. The summed E-state index contributed by atoms with van der Waals surface area (Å²) in [4.78, 5) is 21.4. The number of benzene rings is 2. The summed E-state index contributed by atoms with van der Waals surface area (Å²) < 4.78 is 0. The van der Waals surface area contributed by atoms with Gasteiger partial charge in [0, 0.05) is 6.42 Å². The molecule has 1 heterocycles. The highest BCUT2D eigenvalue weighted by atomic mass is 16.1. The van der Waals surface area contributed by atoms with E-state index in [1.165, 1.54) is 10.8 Å². The van der Waals surface area contributed by atoms with Crippen LogP contribution in [0.25, 0.3) is 10.8 Å². The number of carbonyl (C=O) groups excluding carboxylic acids is 1. The lowest BCUT2D eigenvalue weighted by molar-refractivity contribution is 0.0977. The van der Waals surface area contributed by atoms with Crippen LogP contribution in [0.4, 0.5) is 5.69 Å². The van der Waals surface area contributed by atoms with E-state index in [1.807, 2.05) is 37.3 Å². The van der Waals surface area contributed by atoms with E-state index in [0.29, 0.717) is 12.1 Å². The summed E-state index contributed by atoms with van der Waals surface area (Å²) in [5.74, 6) is 0.0884. The van der Waals surface area contributed by atoms with E-state index < -0.39 is 0 Å². The van der Waals surface area contributed by atoms with Crippen molar-refractivity contribution in [3.8, 4) is 0 Å². The maximum Gasteiger partial charge on any atom is 0.181 e. The average Bonchev–Trinajstić information content (AvgIpc) is 2.66. The van der Waals surface area contributed by atoms with Crippen LogP contribution in [-0.4, -0.2) is 16.5 Å². The normalized spacial score (nSPS) is 11.7. The number of aromatic nitrogens is 1. The summed E-state index contributed by atoms with van der Waals surface area (Å²) in [5.41, 5.74) is 3.10. The van der Waals surface area contributed by atoms with Crippen molar-refractivity contribution in [2.45, 2.75) is 33.1 Å². The zero-order valence-corrected chi connectivity index (χ0v) is 14.7. The quantitative estimate of drug-likeness (QED) is 0.426. The summed E-state index contributed by atoms with van der Waals surface area (Å²) in [7, 11) is 0. The summed E-state index contributed by atoms with van der Waals surface area (Å²) >= 11 is 0. The van der Waals surface area contributed by atoms with Crippen molar-refractivity contribution in [1.29, 1.82) is 0 Å². The van der Waals surface area contributed by atoms with Crippen LogP contribution < -0.4 is 0 Å². The van der Waals surface area contributed by atoms with Crippen LogP contribution in [0.15, 0.2) is 65.7 Å². The van der Waals surface area contributed by atoms with Gasteiger partial charge in [-0.3, -0.25) is 9.79 Å². The van der Waals surface area contributed by atoms with Gasteiger partial charge in [0.25, 0.3) is 0 Å². The Morgan fingerprint density at radius 2 is 1.68 bits per heavy atom. The van der Waals surface area contributed by atoms with Crippen molar-refractivity contribution in [2.24, 2.45) is 4.99 Å². The van der Waals surface area contributed by atoms with Crippen molar-refractivity contribution >= 4 is 28.0 Å². The second kappa shape index (κ2) is 7.84. The number of carbonyl (C=O) groups is 1. The predicted molar refractivity (Wildman–Crippen MR) is 104 cm³/mol. The van der Waals surface area contributed by atoms with Gasteiger partial charge in [0.2, 0.25) is 0 Å². The molecule has 0 atom stereocenters. The molecule has 25 heavy (non-hydrogen) atoms. The van der Waals surface area contributed by atoms with E-state index in [4.69, 9.17) is 4.99 Å². The van der Waals surface area contributed by atoms with Crippen LogP contribution in [0.5, 0.6) is 0 Å². The first kappa shape index (κ1) is 17.0. The molecule has 0 spiro atoms. The molecule has 0 unspecified atom stereocenters. The Morgan fingerprint density at radius 1 is 0.920 bits per heavy atom. The van der Waals surface area contributed by atoms with Crippen LogP contribution in [0.2, 0.25) is 0 Å². The number of fused-ring (bicyclic) bond motifs is 1. The van der Waals surface area contributed by atoms with Gasteiger partial charge in [-0.25, -0.2) is 4.98 Å². The van der Waals surface area contributed by atoms with Crippen LogP contribution in [0, 0.1) is 0 Å². The molecule has 0 bridgehead atoms. The van der Waals surface area contributed by atoms with Gasteiger partial charge in [-0.15, -0.1) is 0 Å². The molecule has 0 N–H and O–H groups in total. The first-order chi connectivity index (χ1) is 12.2. The first-order valence-corrected chi connectivity index (χ1v) is 8.78. The van der Waals surface area contributed by atoms with Gasteiger partial charge >= 0.3 is 0 Å². The lowest BCUT2D eigenvalue weighted by Gasteiger charge is -2.07. The van der Waals surface area contributed by atoms with E-state index in [9.17, 15) is 4.79 Å². The summed E-state index contributed by atoms with van der Waals surface area (Å²) in [6, 6.07) is 20.0. The number of hydrogen-bond donors (Lipinski definition) is 0. The van der Waals surface area contributed by atoms with Gasteiger partial charge in [0.15, 0.2) is 5.78 Å². The van der Waals surface area contributed by atoms with E-state index in [-0.39, 0.29) is 5.78 Å². The van der Waals surface area contributed by atoms with Crippen molar-refractivity contribution in [1.82, 2.24) is 4.98 Å². The summed E-state index contributed by atoms with van der Waals surface area (Å²) in [6.45, 7) is 4.06. The van der Waals surface area contributed by atoms with Gasteiger partial charge in [-0.1, -0.05) is 50.2 Å². The minimum Gasteiger partial charge on any atom is -0.292 e. The molecular formula is C22H22N2O. The summed E-state index contributed by atoms with van der Waals surface area (Å²) in [6.07, 6.45) is 2.11. The number of ketones is 1. The second-order valence-corrected chi connectivity index (χ2v) is 6.02. The third-order valence-electron chi connectivity index (χ3n) is 4.14. The average molecular weight is 330 g/mol. The Bertz CT molecular complexity index is 928. The van der Waals surface area contributed by atoms with Crippen LogP contribution in [0.1, 0.15) is 49.3 Å². The fourth-order valence-electron chi connectivity index (χ4n) is 2.83. The maximum atomic E-state index is 12.1. The molecule has 3 aromatic rings. The molecule has 0 fully saturated rings. The maximum absolute atomic E-state index is 12.1. The van der Waals surface area contributed by atoms with Crippen molar-refractivity contribution in [2.75, 3.05) is 0 Å². The molecule has 3 rings (SSSR count). The van der Waals surface area contributed by atoms with E-state index in [2.05, 4.69) is 36.2 Å². The fraction of sp³-hybridized carbons (Fsp3) is 0.227. The largest absolute Gasteiger partial charge is 0.292 e. The lowest BCUT2D eigenvalue weighted by atomic mass is 10.1. The van der Waals surface area contributed by atoms with Crippen LogP contribution in [-0.2, 0) is 0 Å². The molecule has 0 aliphatic heterocycles. The molecule has 0 amide bonds. The van der Waals surface area contributed by atoms with Gasteiger partial charge < -0.3 is 0 Å². The second-order valence-electron chi connectivity index (χ2n) is 6.02. The number of aliphatic imine (C=N–C) groups is 1. The molecule has 0 radical (unpaired) electrons. The number of nitrogens with zero attached hydrogens (tertiary/aromatic N) is 2. The van der Waals surface area contributed by atoms with E-state index in [1.54, 1.807) is 6.07 Å². The number of pyridine rings is 1. The zero-order chi connectivity index (χ0) is 17.6. The lowest BCUT2D eigenvalue weighted by Crippen LogP contribution is -2.08.